The van der Waals surface area contributed by atoms with Gasteiger partial charge in [0.1, 0.15) is 11.4 Å². The van der Waals surface area contributed by atoms with Gasteiger partial charge in [0.25, 0.3) is 12.1 Å². The molecule has 0 bridgehead atoms. The van der Waals surface area contributed by atoms with Gasteiger partial charge in [0.2, 0.25) is 0 Å². The third-order valence-corrected chi connectivity index (χ3v) is 5.40. The van der Waals surface area contributed by atoms with Crippen molar-refractivity contribution in [1.82, 2.24) is 5.27 Å². The third-order valence-electron chi connectivity index (χ3n) is 4.48. The number of rotatable bonds is 7. The van der Waals surface area contributed by atoms with Gasteiger partial charge in [-0.25, -0.2) is 9.98 Å². The fourth-order valence-electron chi connectivity index (χ4n) is 3.08. The van der Waals surface area contributed by atoms with Gasteiger partial charge >= 0.3 is 5.88 Å². The van der Waals surface area contributed by atoms with Crippen LogP contribution in [-0.4, -0.2) is 34.6 Å². The Morgan fingerprint density at radius 2 is 2.00 bits per heavy atom. The third kappa shape index (κ3) is 5.29. The monoisotopic (exact) mass is 463 g/mol. The van der Waals surface area contributed by atoms with E-state index in [1.54, 1.807) is 13.1 Å². The van der Waals surface area contributed by atoms with Crippen molar-refractivity contribution in [3.63, 3.8) is 0 Å². The number of aromatic nitrogens is 2. The van der Waals surface area contributed by atoms with E-state index in [1.807, 2.05) is 61.5 Å². The predicted molar refractivity (Wildman–Crippen MR) is 124 cm³/mol. The molecule has 3 aromatic rings. The van der Waals surface area contributed by atoms with E-state index in [-0.39, 0.29) is 23.2 Å². The molecule has 0 N–H and O–H groups in total. The molecule has 2 aromatic carbocycles. The second kappa shape index (κ2) is 10.1. The Labute approximate surface area is 194 Å². The number of benzene rings is 2. The minimum absolute atomic E-state index is 0.0251. The van der Waals surface area contributed by atoms with Crippen LogP contribution in [-0.2, 0) is 11.8 Å². The molecule has 2 heterocycles. The number of aliphatic imine (C=N–C) groups is 2. The maximum absolute atomic E-state index is 13.3. The SMILES string of the molecule is CCOc1ccccc1/C=C1/N=C(SC/C([O-])=N/c2c[n+](C)no2)N(c2ccccc2)C1=O. The molecule has 0 aliphatic carbocycles. The summed E-state index contributed by atoms with van der Waals surface area (Å²) in [6.07, 6.45) is 3.18. The van der Waals surface area contributed by atoms with Crippen molar-refractivity contribution in [3.05, 3.63) is 72.1 Å². The smallest absolute Gasteiger partial charge is 0.320 e. The molecular formula is C23H21N5O4S. The fourth-order valence-corrected chi connectivity index (χ4v) is 3.87. The Morgan fingerprint density at radius 1 is 1.24 bits per heavy atom. The van der Waals surface area contributed by atoms with Crippen molar-refractivity contribution in [2.24, 2.45) is 17.0 Å². The van der Waals surface area contributed by atoms with Crippen LogP contribution < -0.4 is 19.4 Å². The Balaban J connectivity index is 1.63. The van der Waals surface area contributed by atoms with E-state index in [0.29, 0.717) is 23.2 Å². The van der Waals surface area contributed by atoms with E-state index in [4.69, 9.17) is 9.26 Å². The maximum atomic E-state index is 13.3. The number of para-hydroxylation sites is 2. The molecule has 0 fully saturated rings. The molecule has 1 aromatic heterocycles. The molecule has 33 heavy (non-hydrogen) atoms. The molecule has 0 radical (unpaired) electrons. The standard InChI is InChI=1S/C23H21N5O4S/c1-3-31-19-12-8-7-9-16(19)13-18-22(30)28(17-10-5-4-6-11-17)23(24-18)33-15-20(29)25-21-14-27(2)26-32-21/h4-14H,3,15H2,1-2H3/b18-13+. The van der Waals surface area contributed by atoms with E-state index in [2.05, 4.69) is 15.3 Å². The quantitative estimate of drug-likeness (QED) is 0.231. The number of carbonyl (C=O) groups is 1. The minimum Gasteiger partial charge on any atom is -0.861 e. The van der Waals surface area contributed by atoms with Crippen molar-refractivity contribution >= 4 is 46.4 Å². The Bertz CT molecular complexity index is 1240. The molecule has 1 aliphatic rings. The van der Waals surface area contributed by atoms with E-state index >= 15 is 0 Å². The highest BCUT2D eigenvalue weighted by molar-refractivity contribution is 8.14. The number of hydrogen-bond donors (Lipinski definition) is 0. The number of hydrogen-bond acceptors (Lipinski definition) is 8. The van der Waals surface area contributed by atoms with Gasteiger partial charge in [-0.1, -0.05) is 52.8 Å². The van der Waals surface area contributed by atoms with Gasteiger partial charge in [0.15, 0.2) is 17.5 Å². The second-order valence-electron chi connectivity index (χ2n) is 6.88. The topological polar surface area (TPSA) is 107 Å². The summed E-state index contributed by atoms with van der Waals surface area (Å²) in [5.41, 5.74) is 1.65. The van der Waals surface area contributed by atoms with Crippen LogP contribution in [0.3, 0.4) is 0 Å². The summed E-state index contributed by atoms with van der Waals surface area (Å²) in [6, 6.07) is 16.6. The van der Waals surface area contributed by atoms with E-state index in [1.165, 1.54) is 15.8 Å². The van der Waals surface area contributed by atoms with Crippen LogP contribution in [0.1, 0.15) is 12.5 Å². The molecule has 1 aliphatic heterocycles. The van der Waals surface area contributed by atoms with Crippen LogP contribution >= 0.6 is 11.8 Å². The van der Waals surface area contributed by atoms with Crippen molar-refractivity contribution < 1.29 is 23.8 Å². The highest BCUT2D eigenvalue weighted by Gasteiger charge is 2.32. The van der Waals surface area contributed by atoms with Gasteiger partial charge in [-0.15, -0.1) is 0 Å². The number of thioether (sulfide) groups is 1. The number of nitrogens with zero attached hydrogens (tertiary/aromatic N) is 5. The Hall–Kier alpha value is -3.92. The van der Waals surface area contributed by atoms with E-state index in [9.17, 15) is 9.90 Å². The lowest BCUT2D eigenvalue weighted by Gasteiger charge is -2.18. The summed E-state index contributed by atoms with van der Waals surface area (Å²) in [5, 5.41) is 16.3. The Morgan fingerprint density at radius 3 is 2.73 bits per heavy atom. The number of amidine groups is 1. The molecule has 10 heteroatoms. The van der Waals surface area contributed by atoms with Gasteiger partial charge in [0, 0.05) is 11.3 Å². The molecule has 0 unspecified atom stereocenters. The van der Waals surface area contributed by atoms with Crippen LogP contribution in [0, 0.1) is 0 Å². The lowest BCUT2D eigenvalue weighted by Crippen LogP contribution is -2.31. The Kier molecular flexibility index (Phi) is 6.84. The summed E-state index contributed by atoms with van der Waals surface area (Å²) in [5.74, 6) is 0.0289. The van der Waals surface area contributed by atoms with E-state index < -0.39 is 5.90 Å². The maximum Gasteiger partial charge on any atom is 0.320 e. The van der Waals surface area contributed by atoms with Crippen molar-refractivity contribution in [2.75, 3.05) is 17.3 Å². The molecule has 9 nitrogen and oxygen atoms in total. The first kappa shape index (κ1) is 22.3. The largest absolute Gasteiger partial charge is 0.861 e. The zero-order valence-corrected chi connectivity index (χ0v) is 18.9. The van der Waals surface area contributed by atoms with Crippen LogP contribution in [0.25, 0.3) is 6.08 Å². The first-order valence-electron chi connectivity index (χ1n) is 10.2. The fraction of sp³-hybridized carbons (Fsp3) is 0.174. The number of amides is 1. The summed E-state index contributed by atoms with van der Waals surface area (Å²) in [4.78, 5) is 23.2. The molecule has 4 rings (SSSR count). The number of aryl methyl sites for hydroxylation is 1. The number of carbonyl (C=O) groups excluding carboxylic acids is 1. The summed E-state index contributed by atoms with van der Waals surface area (Å²) in [7, 11) is 1.66. The minimum atomic E-state index is -0.431. The highest BCUT2D eigenvalue weighted by atomic mass is 32.2. The summed E-state index contributed by atoms with van der Waals surface area (Å²) in [6.45, 7) is 2.40. The van der Waals surface area contributed by atoms with Gasteiger partial charge < -0.3 is 9.84 Å². The number of ether oxygens (including phenoxy) is 1. The molecule has 0 atom stereocenters. The van der Waals surface area contributed by atoms with Gasteiger partial charge in [-0.3, -0.25) is 14.2 Å². The first-order chi connectivity index (χ1) is 16.0. The van der Waals surface area contributed by atoms with Crippen LogP contribution in [0.2, 0.25) is 0 Å². The molecule has 0 saturated carbocycles. The zero-order chi connectivity index (χ0) is 23.2. The van der Waals surface area contributed by atoms with Gasteiger partial charge in [-0.2, -0.15) is 0 Å². The van der Waals surface area contributed by atoms with Crippen molar-refractivity contribution in [1.29, 1.82) is 0 Å². The predicted octanol–water partition coefficient (Wildman–Crippen LogP) is 2.47. The van der Waals surface area contributed by atoms with Gasteiger partial charge in [0.05, 0.1) is 12.3 Å². The average molecular weight is 464 g/mol. The van der Waals surface area contributed by atoms with Crippen molar-refractivity contribution in [2.45, 2.75) is 6.92 Å². The molecule has 0 spiro atoms. The van der Waals surface area contributed by atoms with Crippen LogP contribution in [0.4, 0.5) is 11.6 Å². The van der Waals surface area contributed by atoms with Crippen LogP contribution in [0.5, 0.6) is 5.75 Å². The van der Waals surface area contributed by atoms with Gasteiger partial charge in [-0.05, 0) is 37.1 Å². The molecule has 1 amide bonds. The molecular weight excluding hydrogens is 442 g/mol. The zero-order valence-electron chi connectivity index (χ0n) is 18.0. The normalized spacial score (nSPS) is 15.3. The van der Waals surface area contributed by atoms with Crippen molar-refractivity contribution in [3.8, 4) is 5.75 Å². The van der Waals surface area contributed by atoms with Crippen LogP contribution in [0.15, 0.2) is 81.0 Å². The lowest BCUT2D eigenvalue weighted by atomic mass is 10.1. The summed E-state index contributed by atoms with van der Waals surface area (Å²) >= 11 is 1.12. The number of anilines is 1. The lowest BCUT2D eigenvalue weighted by molar-refractivity contribution is -0.739. The first-order valence-corrected chi connectivity index (χ1v) is 11.2. The molecule has 168 valence electrons. The summed E-state index contributed by atoms with van der Waals surface area (Å²) < 4.78 is 12.0. The average Bonchev–Trinajstić information content (AvgIpc) is 3.36. The van der Waals surface area contributed by atoms with E-state index in [0.717, 1.165) is 17.3 Å². The highest BCUT2D eigenvalue weighted by Crippen LogP contribution is 2.31. The second-order valence-corrected chi connectivity index (χ2v) is 7.82. The molecule has 0 saturated heterocycles.